The number of esters is 1. The number of carbonyl (C=O) groups excluding carboxylic acids is 1. The maximum absolute atomic E-state index is 10.4. The maximum Gasteiger partial charge on any atom is 0.339 e. The molecule has 0 saturated heterocycles. The average Bonchev–Trinajstić information content (AvgIpc) is 2.23. The molecule has 0 aromatic heterocycles. The van der Waals surface area contributed by atoms with Crippen LogP contribution in [0.25, 0.3) is 0 Å². The van der Waals surface area contributed by atoms with E-state index in [4.69, 9.17) is 9.47 Å². The van der Waals surface area contributed by atoms with Gasteiger partial charge in [0.15, 0.2) is 0 Å². The second kappa shape index (κ2) is 4.75. The lowest BCUT2D eigenvalue weighted by Gasteiger charge is -2.13. The molecular weight excluding hydrogens is 192 g/mol. The molecule has 0 saturated carbocycles. The molecule has 0 unspecified atom stereocenters. The van der Waals surface area contributed by atoms with Gasteiger partial charge >= 0.3 is 5.97 Å². The van der Waals surface area contributed by atoms with Gasteiger partial charge in [-0.1, -0.05) is 30.3 Å². The molecule has 78 valence electrons. The first kappa shape index (κ1) is 9.93. The van der Waals surface area contributed by atoms with E-state index in [1.807, 2.05) is 30.3 Å². The largest absolute Gasteiger partial charge is 0.427 e. The molecule has 15 heavy (non-hydrogen) atoms. The predicted octanol–water partition coefficient (Wildman–Crippen LogP) is 2.03. The van der Waals surface area contributed by atoms with Gasteiger partial charge in [-0.05, 0) is 5.56 Å². The van der Waals surface area contributed by atoms with Crippen molar-refractivity contribution in [2.24, 2.45) is 0 Å². The first-order valence-electron chi connectivity index (χ1n) is 4.88. The minimum Gasteiger partial charge on any atom is -0.427 e. The third-order valence-corrected chi connectivity index (χ3v) is 2.11. The average molecular weight is 204 g/mol. The number of carbonyl (C=O) groups is 1. The van der Waals surface area contributed by atoms with Gasteiger partial charge in [0.05, 0.1) is 19.3 Å². The minimum absolute atomic E-state index is 0.256. The lowest BCUT2D eigenvalue weighted by atomic mass is 10.2. The quantitative estimate of drug-likeness (QED) is 0.544. The molecule has 1 aliphatic rings. The standard InChI is InChI=1S/C12H12O3/c13-12-8-11(15-12)6-7-14-9-10-4-2-1-3-5-10/h1-5,8H,6-7,9H2. The fraction of sp³-hybridized carbons (Fsp3) is 0.250. The summed E-state index contributed by atoms with van der Waals surface area (Å²) in [6.07, 6.45) is 2.16. The smallest absolute Gasteiger partial charge is 0.339 e. The normalized spacial score (nSPS) is 14.1. The van der Waals surface area contributed by atoms with Gasteiger partial charge in [-0.3, -0.25) is 0 Å². The van der Waals surface area contributed by atoms with E-state index in [1.54, 1.807) is 0 Å². The Morgan fingerprint density at radius 3 is 2.60 bits per heavy atom. The van der Waals surface area contributed by atoms with Gasteiger partial charge in [0.1, 0.15) is 5.76 Å². The van der Waals surface area contributed by atoms with Crippen molar-refractivity contribution < 1.29 is 14.3 Å². The van der Waals surface area contributed by atoms with Crippen LogP contribution in [0.2, 0.25) is 0 Å². The van der Waals surface area contributed by atoms with Gasteiger partial charge in [0.25, 0.3) is 0 Å². The van der Waals surface area contributed by atoms with Crippen molar-refractivity contribution >= 4 is 5.97 Å². The van der Waals surface area contributed by atoms with Crippen LogP contribution in [0.3, 0.4) is 0 Å². The summed E-state index contributed by atoms with van der Waals surface area (Å²) in [6, 6.07) is 9.97. The molecule has 1 heterocycles. The highest BCUT2D eigenvalue weighted by Gasteiger charge is 2.15. The highest BCUT2D eigenvalue weighted by Crippen LogP contribution is 2.14. The van der Waals surface area contributed by atoms with Crippen LogP contribution in [-0.2, 0) is 20.9 Å². The van der Waals surface area contributed by atoms with Crippen molar-refractivity contribution in [3.63, 3.8) is 0 Å². The van der Waals surface area contributed by atoms with Gasteiger partial charge in [-0.15, -0.1) is 0 Å². The molecule has 2 rings (SSSR count). The van der Waals surface area contributed by atoms with E-state index < -0.39 is 0 Å². The fourth-order valence-corrected chi connectivity index (χ4v) is 1.32. The van der Waals surface area contributed by atoms with Crippen LogP contribution in [0.1, 0.15) is 12.0 Å². The van der Waals surface area contributed by atoms with Crippen LogP contribution in [0.15, 0.2) is 42.2 Å². The molecule has 0 N–H and O–H groups in total. The second-order valence-electron chi connectivity index (χ2n) is 3.32. The molecule has 0 spiro atoms. The number of hydrogen-bond acceptors (Lipinski definition) is 3. The van der Waals surface area contributed by atoms with Crippen molar-refractivity contribution in [1.29, 1.82) is 0 Å². The van der Waals surface area contributed by atoms with E-state index in [0.717, 1.165) is 5.56 Å². The van der Waals surface area contributed by atoms with Gasteiger partial charge in [-0.25, -0.2) is 4.79 Å². The third kappa shape index (κ3) is 2.92. The second-order valence-corrected chi connectivity index (χ2v) is 3.32. The van der Waals surface area contributed by atoms with Crippen LogP contribution in [-0.4, -0.2) is 12.6 Å². The summed E-state index contributed by atoms with van der Waals surface area (Å²) >= 11 is 0. The van der Waals surface area contributed by atoms with Crippen LogP contribution >= 0.6 is 0 Å². The Bertz CT molecular complexity index is 368. The SMILES string of the molecule is O=C1C=C(CCOCc2ccccc2)O1. The van der Waals surface area contributed by atoms with E-state index in [-0.39, 0.29) is 5.97 Å². The summed E-state index contributed by atoms with van der Waals surface area (Å²) in [5.74, 6) is 0.459. The van der Waals surface area contributed by atoms with Crippen molar-refractivity contribution in [1.82, 2.24) is 0 Å². The van der Waals surface area contributed by atoms with Gasteiger partial charge in [0.2, 0.25) is 0 Å². The highest BCUT2D eigenvalue weighted by molar-refractivity contribution is 5.88. The monoisotopic (exact) mass is 204 g/mol. The highest BCUT2D eigenvalue weighted by atomic mass is 16.6. The number of cyclic esters (lactones) is 1. The fourth-order valence-electron chi connectivity index (χ4n) is 1.32. The number of rotatable bonds is 5. The summed E-state index contributed by atoms with van der Waals surface area (Å²) in [5.41, 5.74) is 1.15. The molecule has 0 aliphatic carbocycles. The van der Waals surface area contributed by atoms with Crippen molar-refractivity contribution in [3.8, 4) is 0 Å². The first-order valence-corrected chi connectivity index (χ1v) is 4.88. The Morgan fingerprint density at radius 2 is 1.93 bits per heavy atom. The van der Waals surface area contributed by atoms with E-state index in [9.17, 15) is 4.79 Å². The number of benzene rings is 1. The van der Waals surface area contributed by atoms with Gasteiger partial charge in [-0.2, -0.15) is 0 Å². The van der Waals surface area contributed by atoms with E-state index in [1.165, 1.54) is 6.08 Å². The Balaban J connectivity index is 1.64. The van der Waals surface area contributed by atoms with E-state index >= 15 is 0 Å². The maximum atomic E-state index is 10.4. The zero-order valence-corrected chi connectivity index (χ0v) is 8.31. The summed E-state index contributed by atoms with van der Waals surface area (Å²) < 4.78 is 10.2. The minimum atomic E-state index is -0.256. The van der Waals surface area contributed by atoms with Crippen molar-refractivity contribution in [3.05, 3.63) is 47.7 Å². The zero-order chi connectivity index (χ0) is 10.5. The van der Waals surface area contributed by atoms with E-state index in [0.29, 0.717) is 25.4 Å². The topological polar surface area (TPSA) is 35.5 Å². The van der Waals surface area contributed by atoms with Crippen LogP contribution < -0.4 is 0 Å². The van der Waals surface area contributed by atoms with Crippen LogP contribution in [0.5, 0.6) is 0 Å². The Kier molecular flexibility index (Phi) is 3.15. The Morgan fingerprint density at radius 1 is 1.20 bits per heavy atom. The third-order valence-electron chi connectivity index (χ3n) is 2.11. The molecule has 0 fully saturated rings. The number of ether oxygens (including phenoxy) is 2. The van der Waals surface area contributed by atoms with Crippen molar-refractivity contribution in [2.75, 3.05) is 6.61 Å². The predicted molar refractivity (Wildman–Crippen MR) is 54.9 cm³/mol. The molecule has 0 bridgehead atoms. The summed E-state index contributed by atoms with van der Waals surface area (Å²) in [4.78, 5) is 10.4. The van der Waals surface area contributed by atoms with Crippen LogP contribution in [0.4, 0.5) is 0 Å². The molecule has 1 aromatic carbocycles. The summed E-state index contributed by atoms with van der Waals surface area (Å²) in [7, 11) is 0. The zero-order valence-electron chi connectivity index (χ0n) is 8.31. The van der Waals surface area contributed by atoms with Gasteiger partial charge < -0.3 is 9.47 Å². The first-order chi connectivity index (χ1) is 7.34. The summed E-state index contributed by atoms with van der Waals surface area (Å²) in [5, 5.41) is 0. The van der Waals surface area contributed by atoms with Gasteiger partial charge in [0, 0.05) is 6.42 Å². The summed E-state index contributed by atoms with van der Waals surface area (Å²) in [6.45, 7) is 1.18. The molecule has 1 aromatic rings. The Hall–Kier alpha value is -1.61. The molecular formula is C12H12O3. The Labute approximate surface area is 88.3 Å². The molecule has 0 atom stereocenters. The molecule has 0 amide bonds. The molecule has 1 aliphatic heterocycles. The van der Waals surface area contributed by atoms with E-state index in [2.05, 4.69) is 0 Å². The van der Waals surface area contributed by atoms with Crippen LogP contribution in [0, 0.1) is 0 Å². The molecule has 3 nitrogen and oxygen atoms in total. The number of hydrogen-bond donors (Lipinski definition) is 0. The van der Waals surface area contributed by atoms with Crippen molar-refractivity contribution in [2.45, 2.75) is 13.0 Å². The molecule has 0 radical (unpaired) electrons. The molecule has 3 heteroatoms. The lowest BCUT2D eigenvalue weighted by Crippen LogP contribution is -2.14. The lowest BCUT2D eigenvalue weighted by molar-refractivity contribution is -0.139.